The Morgan fingerprint density at radius 1 is 0.594 bits per heavy atom. The zero-order valence-electron chi connectivity index (χ0n) is 38.6. The van der Waals surface area contributed by atoms with Gasteiger partial charge in [-0.05, 0) is 0 Å². The van der Waals surface area contributed by atoms with Crippen molar-refractivity contribution in [2.45, 2.75) is 84.2 Å². The van der Waals surface area contributed by atoms with Gasteiger partial charge in [0, 0.05) is 0 Å². The molecule has 0 heterocycles. The van der Waals surface area contributed by atoms with Crippen LogP contribution in [0.1, 0.15) is 85.8 Å². The second-order valence-electron chi connectivity index (χ2n) is 21.2. The molecule has 5 aromatic carbocycles. The van der Waals surface area contributed by atoms with Gasteiger partial charge in [-0.25, -0.2) is 0 Å². The van der Waals surface area contributed by atoms with Crippen LogP contribution in [-0.2, 0) is 24.7 Å². The van der Waals surface area contributed by atoms with Crippen molar-refractivity contribution in [1.29, 1.82) is 0 Å². The Hall–Kier alpha value is -3.29. The fraction of sp³-hybridized carbons (Fsp3) is 0.305. The predicted octanol–water partition coefficient (Wildman–Crippen LogP) is 16.7. The summed E-state index contributed by atoms with van der Waals surface area (Å²) < 4.78 is 10.3. The first-order chi connectivity index (χ1) is 29.4. The van der Waals surface area contributed by atoms with E-state index in [0.29, 0.717) is 5.92 Å². The van der Waals surface area contributed by atoms with E-state index in [-0.39, 0.29) is 46.5 Å². The Bertz CT molecular complexity index is 2810. The molecule has 5 aliphatic carbocycles. The van der Waals surface area contributed by atoms with Gasteiger partial charge in [0.25, 0.3) is 0 Å². The maximum absolute atomic E-state index is 6.42. The molecule has 1 fully saturated rings. The van der Waals surface area contributed by atoms with Gasteiger partial charge in [0.1, 0.15) is 0 Å². The molecule has 3 unspecified atom stereocenters. The summed E-state index contributed by atoms with van der Waals surface area (Å²) >= 11 is 7.38. The quantitative estimate of drug-likeness (QED) is 0.159. The van der Waals surface area contributed by atoms with E-state index in [4.69, 9.17) is 27.4 Å². The van der Waals surface area contributed by atoms with Crippen molar-refractivity contribution in [3.8, 4) is 22.3 Å². The number of rotatable bonds is 6. The van der Waals surface area contributed by atoms with Crippen molar-refractivity contribution in [2.24, 2.45) is 27.6 Å². The van der Waals surface area contributed by atoms with Crippen molar-refractivity contribution >= 4 is 64.3 Å². The van der Waals surface area contributed by atoms with E-state index in [1.54, 1.807) is 20.0 Å². The van der Waals surface area contributed by atoms with Crippen LogP contribution >= 0.6 is 48.0 Å². The summed E-state index contributed by atoms with van der Waals surface area (Å²) in [7, 11) is 0. The van der Waals surface area contributed by atoms with Crippen molar-refractivity contribution in [3.63, 3.8) is 0 Å². The summed E-state index contributed by atoms with van der Waals surface area (Å²) in [4.78, 5) is 0. The summed E-state index contributed by atoms with van der Waals surface area (Å²) in [5.41, 5.74) is 13.4. The fourth-order valence-corrected chi connectivity index (χ4v) is 35.3. The van der Waals surface area contributed by atoms with Crippen LogP contribution in [0.3, 0.4) is 0 Å². The van der Waals surface area contributed by atoms with Crippen molar-refractivity contribution in [1.82, 2.24) is 0 Å². The molecular formula is C59H62Cl4Zr. The van der Waals surface area contributed by atoms with Crippen LogP contribution in [0.5, 0.6) is 0 Å². The minimum absolute atomic E-state index is 0. The van der Waals surface area contributed by atoms with E-state index in [1.807, 2.05) is 24.3 Å². The molecule has 0 amide bonds. The van der Waals surface area contributed by atoms with E-state index in [2.05, 4.69) is 183 Å². The van der Waals surface area contributed by atoms with Gasteiger partial charge in [0.15, 0.2) is 0 Å². The topological polar surface area (TPSA) is 0 Å². The molecule has 0 saturated heterocycles. The summed E-state index contributed by atoms with van der Waals surface area (Å²) in [6.45, 7) is 21.4. The van der Waals surface area contributed by atoms with Gasteiger partial charge < -0.3 is 0 Å². The van der Waals surface area contributed by atoms with Crippen molar-refractivity contribution < 1.29 is 18.3 Å². The maximum atomic E-state index is 6.42. The molecule has 330 valence electrons. The van der Waals surface area contributed by atoms with Crippen LogP contribution in [0, 0.1) is 27.6 Å². The zero-order valence-corrected chi connectivity index (χ0v) is 44.2. The molecule has 0 radical (unpaired) electrons. The number of hydrogen-bond acceptors (Lipinski definition) is 0. The normalized spacial score (nSPS) is 24.7. The standard InChI is InChI=1S/C29H37.2C12H8Cl.C5H5.CH2.2ClH.Zr/c1-18-25-22-17-19-13-9-10-14-20(19)24(22)21-15-11-12-16-23(21)29(25,8)28(6,7)27(4,5)26(18,2)3;2*13-12-8-6-11(7-9-12)10-4-2-1-3-5-10;1-2-4-5-3-1;;;;/h9-11,13-15,23H,12,16-17H2,1-8H3;2*2-9H;1-3H,4H2;1H2;2*1H;. The molecule has 64 heavy (non-hydrogen) atoms. The monoisotopic (exact) mass is 1000 g/mol. The van der Waals surface area contributed by atoms with Gasteiger partial charge in [-0.1, -0.05) is 0 Å². The van der Waals surface area contributed by atoms with Crippen LogP contribution in [0.4, 0.5) is 0 Å². The van der Waals surface area contributed by atoms with E-state index in [1.165, 1.54) is 45.5 Å². The van der Waals surface area contributed by atoms with Gasteiger partial charge in [0.05, 0.1) is 0 Å². The Morgan fingerprint density at radius 2 is 1.09 bits per heavy atom. The number of fused-ring (bicyclic) bond motifs is 6. The predicted molar refractivity (Wildman–Crippen MR) is 280 cm³/mol. The third-order valence-corrected chi connectivity index (χ3v) is 39.6. The van der Waals surface area contributed by atoms with E-state index < -0.39 is 21.4 Å². The Balaban J connectivity index is 0.00000280. The van der Waals surface area contributed by atoms with Gasteiger partial charge in [0.2, 0.25) is 0 Å². The Kier molecular flexibility index (Phi) is 11.7. The third-order valence-electron chi connectivity index (χ3n) is 19.2. The van der Waals surface area contributed by atoms with Gasteiger partial charge in [-0.15, -0.1) is 24.8 Å². The molecule has 0 nitrogen and oxygen atoms in total. The second-order valence-corrected chi connectivity index (χ2v) is 36.1. The molecule has 0 aliphatic heterocycles. The molecule has 0 bridgehead atoms. The molecule has 0 spiro atoms. The van der Waals surface area contributed by atoms with Crippen LogP contribution in [0.2, 0.25) is 13.2 Å². The Labute approximate surface area is 406 Å². The molecular weight excluding hydrogens is 942 g/mol. The van der Waals surface area contributed by atoms with Crippen molar-refractivity contribution in [2.75, 3.05) is 0 Å². The molecule has 0 N–H and O–H groups in total. The Morgan fingerprint density at radius 3 is 1.59 bits per heavy atom. The molecule has 10 rings (SSSR count). The van der Waals surface area contributed by atoms with E-state index >= 15 is 0 Å². The summed E-state index contributed by atoms with van der Waals surface area (Å²) in [6, 6.07) is 45.5. The third kappa shape index (κ3) is 5.79. The minimum atomic E-state index is -5.46. The first-order valence-corrected chi connectivity index (χ1v) is 30.2. The average Bonchev–Trinajstić information content (AvgIpc) is 3.96. The van der Waals surface area contributed by atoms with E-state index in [9.17, 15) is 0 Å². The molecule has 5 aliphatic rings. The van der Waals surface area contributed by atoms with Crippen LogP contribution in [0.15, 0.2) is 172 Å². The summed E-state index contributed by atoms with van der Waals surface area (Å²) in [6.07, 6.45) is 16.4. The summed E-state index contributed by atoms with van der Waals surface area (Å²) in [5, 5.41) is 1.50. The van der Waals surface area contributed by atoms with Crippen LogP contribution in [0.25, 0.3) is 27.8 Å². The number of hydrogen-bond donors (Lipinski definition) is 0. The summed E-state index contributed by atoms with van der Waals surface area (Å²) in [5.74, 6) is 0.375. The molecule has 0 aromatic heterocycles. The molecule has 1 saturated carbocycles. The average molecular weight is 1000 g/mol. The number of halogens is 4. The SMILES string of the molecule is Cl.Cl.[CH2]=[Zr]([C]1=CC=CC1)([c]1ccc(-c2ccc(Cl)cc2)cc1)([c]1ccc(-c2ccc(Cl)cc2)cc1)[C]1(C)C2=C3Cc4ccccc4C3=C3C=CCCC3C2(C)C(C)(C)C(C)(C)C1(C)C. The molecule has 3 atom stereocenters. The zero-order chi connectivity index (χ0) is 43.7. The van der Waals surface area contributed by atoms with E-state index in [0.717, 1.165) is 35.7 Å². The first-order valence-electron chi connectivity index (χ1n) is 22.8. The second kappa shape index (κ2) is 15.9. The van der Waals surface area contributed by atoms with Crippen LogP contribution < -0.4 is 6.54 Å². The molecule has 5 heteroatoms. The van der Waals surface area contributed by atoms with Gasteiger partial charge in [-0.3, -0.25) is 0 Å². The number of benzene rings is 5. The molecule has 5 aromatic rings. The van der Waals surface area contributed by atoms with Gasteiger partial charge >= 0.3 is 385 Å². The van der Waals surface area contributed by atoms with Gasteiger partial charge in [-0.2, -0.15) is 0 Å². The fourth-order valence-electron chi connectivity index (χ4n) is 14.5. The number of allylic oxidation sites excluding steroid dienone is 10. The van der Waals surface area contributed by atoms with Crippen molar-refractivity contribution in [3.05, 3.63) is 193 Å². The van der Waals surface area contributed by atoms with Crippen LogP contribution in [-0.4, -0.2) is 4.21 Å². The first kappa shape index (κ1) is 47.2.